The molecule has 0 radical (unpaired) electrons. The van der Waals surface area contributed by atoms with Crippen LogP contribution in [0.3, 0.4) is 0 Å². The fourth-order valence-corrected chi connectivity index (χ4v) is 1.07. The minimum Gasteiger partial charge on any atom is -0.352 e. The van der Waals surface area contributed by atoms with Crippen LogP contribution in [0.4, 0.5) is 0 Å². The quantitative estimate of drug-likeness (QED) is 0.673. The Kier molecular flexibility index (Phi) is 5.06. The van der Waals surface area contributed by atoms with E-state index in [2.05, 4.69) is 13.8 Å². The number of hydrogen-bond acceptors (Lipinski definition) is 3. The van der Waals surface area contributed by atoms with Gasteiger partial charge in [0, 0.05) is 24.2 Å². The molecule has 0 amide bonds. The summed E-state index contributed by atoms with van der Waals surface area (Å²) in [5.41, 5.74) is 5.57. The van der Waals surface area contributed by atoms with Crippen molar-refractivity contribution in [2.45, 2.75) is 53.4 Å². The summed E-state index contributed by atoms with van der Waals surface area (Å²) in [6.07, 6.45) is -0.238. The van der Waals surface area contributed by atoms with E-state index in [1.54, 1.807) is 0 Å². The molecule has 0 aliphatic heterocycles. The van der Waals surface area contributed by atoms with Gasteiger partial charge in [-0.2, -0.15) is 0 Å². The first-order valence-electron chi connectivity index (χ1n) is 5.29. The second-order valence-electron chi connectivity index (χ2n) is 4.69. The highest BCUT2D eigenvalue weighted by Gasteiger charge is 2.42. The lowest BCUT2D eigenvalue weighted by Crippen LogP contribution is -2.55. The molecule has 0 bridgehead atoms. The largest absolute Gasteiger partial charge is 0.352 e. The van der Waals surface area contributed by atoms with E-state index in [0.717, 1.165) is 0 Å². The summed E-state index contributed by atoms with van der Waals surface area (Å²) < 4.78 is 11.1. The molecule has 0 rings (SSSR count). The normalized spacial score (nSPS) is 13.7. The zero-order valence-corrected chi connectivity index (χ0v) is 10.4. The van der Waals surface area contributed by atoms with Gasteiger partial charge in [0.2, 0.25) is 0 Å². The maximum atomic E-state index is 6.11. The van der Waals surface area contributed by atoms with Crippen molar-refractivity contribution in [3.63, 3.8) is 0 Å². The molecule has 0 atom stereocenters. The molecule has 3 nitrogen and oxygen atoms in total. The van der Waals surface area contributed by atoms with E-state index in [0.29, 0.717) is 13.2 Å². The van der Waals surface area contributed by atoms with Crippen LogP contribution in [-0.4, -0.2) is 25.0 Å². The Morgan fingerprint density at radius 2 is 1.36 bits per heavy atom. The van der Waals surface area contributed by atoms with Crippen molar-refractivity contribution in [3.8, 4) is 0 Å². The van der Waals surface area contributed by atoms with Crippen molar-refractivity contribution in [1.29, 1.82) is 0 Å². The predicted molar refractivity (Wildman–Crippen MR) is 59.1 cm³/mol. The summed E-state index contributed by atoms with van der Waals surface area (Å²) in [6.45, 7) is 13.4. The third-order valence-electron chi connectivity index (χ3n) is 2.89. The van der Waals surface area contributed by atoms with E-state index in [9.17, 15) is 0 Å². The van der Waals surface area contributed by atoms with Crippen LogP contribution in [0.5, 0.6) is 0 Å². The molecule has 0 aliphatic rings. The van der Waals surface area contributed by atoms with Crippen molar-refractivity contribution in [1.82, 2.24) is 0 Å². The molecule has 0 saturated heterocycles. The van der Waals surface area contributed by atoms with Gasteiger partial charge in [-0.25, -0.2) is 0 Å². The van der Waals surface area contributed by atoms with E-state index in [4.69, 9.17) is 15.2 Å². The molecule has 0 aromatic carbocycles. The molecule has 2 N–H and O–H groups in total. The topological polar surface area (TPSA) is 44.5 Å². The first-order valence-corrected chi connectivity index (χ1v) is 5.29. The monoisotopic (exact) mass is 203 g/mol. The molecule has 0 aliphatic carbocycles. The highest BCUT2D eigenvalue weighted by molar-refractivity contribution is 4.92. The first kappa shape index (κ1) is 13.9. The van der Waals surface area contributed by atoms with Crippen molar-refractivity contribution >= 4 is 0 Å². The van der Waals surface area contributed by atoms with Gasteiger partial charge in [0.15, 0.2) is 6.29 Å². The van der Waals surface area contributed by atoms with Crippen LogP contribution in [0.15, 0.2) is 0 Å². The van der Waals surface area contributed by atoms with Gasteiger partial charge in [-0.3, -0.25) is 0 Å². The van der Waals surface area contributed by atoms with E-state index < -0.39 is 0 Å². The number of hydrogen-bond donors (Lipinski definition) is 1. The van der Waals surface area contributed by atoms with Gasteiger partial charge >= 0.3 is 0 Å². The lowest BCUT2D eigenvalue weighted by molar-refractivity contribution is -0.208. The molecule has 0 aromatic heterocycles. The molecule has 0 unspecified atom stereocenters. The SMILES string of the molecule is CCOC(OCC)C(C)(C)C(C)(C)N. The molecule has 0 fully saturated rings. The minimum absolute atomic E-state index is 0.209. The minimum atomic E-state index is -0.331. The fraction of sp³-hybridized carbons (Fsp3) is 1.00. The van der Waals surface area contributed by atoms with Gasteiger partial charge in [-0.15, -0.1) is 0 Å². The number of rotatable bonds is 6. The Hall–Kier alpha value is -0.120. The molecule has 86 valence electrons. The van der Waals surface area contributed by atoms with Gasteiger partial charge in [0.25, 0.3) is 0 Å². The standard InChI is InChI=1S/C11H25NO2/c1-7-13-9(14-8-2)10(3,4)11(5,6)12/h9H,7-8,12H2,1-6H3. The van der Waals surface area contributed by atoms with Crippen molar-refractivity contribution < 1.29 is 9.47 Å². The lowest BCUT2D eigenvalue weighted by atomic mass is 9.74. The Labute approximate surface area is 88.0 Å². The van der Waals surface area contributed by atoms with E-state index in [-0.39, 0.29) is 17.2 Å². The zero-order chi connectivity index (χ0) is 11.4. The van der Waals surface area contributed by atoms with Gasteiger partial charge in [-0.05, 0) is 27.7 Å². The molecule has 0 saturated carbocycles. The van der Waals surface area contributed by atoms with Crippen LogP contribution in [0.25, 0.3) is 0 Å². The summed E-state index contributed by atoms with van der Waals surface area (Å²) in [6, 6.07) is 0. The van der Waals surface area contributed by atoms with Crippen LogP contribution in [0, 0.1) is 5.41 Å². The van der Waals surface area contributed by atoms with Crippen molar-refractivity contribution in [2.24, 2.45) is 11.1 Å². The molecular formula is C11H25NO2. The maximum absolute atomic E-state index is 6.11. The lowest BCUT2D eigenvalue weighted by Gasteiger charge is -2.43. The second kappa shape index (κ2) is 5.10. The number of nitrogens with two attached hydrogens (primary N) is 1. The Morgan fingerprint density at radius 3 is 1.57 bits per heavy atom. The van der Waals surface area contributed by atoms with Crippen molar-refractivity contribution in [2.75, 3.05) is 13.2 Å². The molecule has 3 heteroatoms. The average Bonchev–Trinajstić information content (AvgIpc) is 2.02. The Bertz CT molecular complexity index is 155. The first-order chi connectivity index (χ1) is 6.27. The van der Waals surface area contributed by atoms with Gasteiger partial charge in [0.1, 0.15) is 0 Å². The van der Waals surface area contributed by atoms with Gasteiger partial charge in [0.05, 0.1) is 0 Å². The summed E-state index contributed by atoms with van der Waals surface area (Å²) in [5.74, 6) is 0. The van der Waals surface area contributed by atoms with Crippen LogP contribution in [0.2, 0.25) is 0 Å². The zero-order valence-electron chi connectivity index (χ0n) is 10.4. The van der Waals surface area contributed by atoms with Crippen LogP contribution in [-0.2, 0) is 9.47 Å². The summed E-state index contributed by atoms with van der Waals surface area (Å²) in [4.78, 5) is 0. The number of ether oxygens (including phenoxy) is 2. The maximum Gasteiger partial charge on any atom is 0.164 e. The van der Waals surface area contributed by atoms with Crippen LogP contribution >= 0.6 is 0 Å². The third-order valence-corrected chi connectivity index (χ3v) is 2.89. The highest BCUT2D eigenvalue weighted by Crippen LogP contribution is 2.34. The van der Waals surface area contributed by atoms with E-state index in [1.807, 2.05) is 27.7 Å². The second-order valence-corrected chi connectivity index (χ2v) is 4.69. The summed E-state index contributed by atoms with van der Waals surface area (Å²) >= 11 is 0. The predicted octanol–water partition coefficient (Wildman–Crippen LogP) is 2.15. The van der Waals surface area contributed by atoms with Crippen LogP contribution < -0.4 is 5.73 Å². The van der Waals surface area contributed by atoms with E-state index >= 15 is 0 Å². The van der Waals surface area contributed by atoms with Gasteiger partial charge in [-0.1, -0.05) is 13.8 Å². The fourth-order valence-electron chi connectivity index (χ4n) is 1.07. The molecular weight excluding hydrogens is 178 g/mol. The van der Waals surface area contributed by atoms with Crippen LogP contribution in [0.1, 0.15) is 41.5 Å². The van der Waals surface area contributed by atoms with Crippen molar-refractivity contribution in [3.05, 3.63) is 0 Å². The smallest absolute Gasteiger partial charge is 0.164 e. The average molecular weight is 203 g/mol. The highest BCUT2D eigenvalue weighted by atomic mass is 16.7. The third kappa shape index (κ3) is 3.23. The summed E-state index contributed by atoms with van der Waals surface area (Å²) in [5, 5.41) is 0. The van der Waals surface area contributed by atoms with Gasteiger partial charge < -0.3 is 15.2 Å². The van der Waals surface area contributed by atoms with E-state index in [1.165, 1.54) is 0 Å². The molecule has 0 heterocycles. The summed E-state index contributed by atoms with van der Waals surface area (Å²) in [7, 11) is 0. The Morgan fingerprint density at radius 1 is 1.00 bits per heavy atom. The molecule has 0 aromatic rings. The molecule has 14 heavy (non-hydrogen) atoms. The Balaban J connectivity index is 4.61. The molecule has 0 spiro atoms.